The summed E-state index contributed by atoms with van der Waals surface area (Å²) >= 11 is 0. The molecule has 0 radical (unpaired) electrons. The Bertz CT molecular complexity index is 966. The Morgan fingerprint density at radius 3 is 2.71 bits per heavy atom. The van der Waals surface area contributed by atoms with Crippen molar-refractivity contribution in [1.82, 2.24) is 5.32 Å². The molecule has 4 rings (SSSR count). The highest BCUT2D eigenvalue weighted by Gasteiger charge is 2.40. The molecule has 28 heavy (non-hydrogen) atoms. The van der Waals surface area contributed by atoms with Gasteiger partial charge in [0.25, 0.3) is 5.91 Å². The summed E-state index contributed by atoms with van der Waals surface area (Å²) in [6, 6.07) is 8.73. The standard InChI is InChI=1S/C21H23N3O4/c1-2-10-23(11-12-25)15-7-6-14-19-13(15)4-3-5-16(19)24(21(14)28)17-8-9-18(26)22-20(17)27/h3-7,17,25H,2,8-12H2,1H3,(H,22,26,27). The van der Waals surface area contributed by atoms with E-state index in [2.05, 4.69) is 17.1 Å². The lowest BCUT2D eigenvalue weighted by Gasteiger charge is -2.30. The maximum atomic E-state index is 13.1. The van der Waals surface area contributed by atoms with Gasteiger partial charge in [-0.05, 0) is 31.0 Å². The normalized spacial score (nSPS) is 18.7. The number of piperidine rings is 1. The van der Waals surface area contributed by atoms with Crippen LogP contribution in [0.3, 0.4) is 0 Å². The Labute approximate surface area is 162 Å². The topological polar surface area (TPSA) is 89.9 Å². The SMILES string of the molecule is CCCN(CCO)c1ccc2c3c(cccc13)N(C1CCC(=O)NC1=O)C2=O. The van der Waals surface area contributed by atoms with Crippen molar-refractivity contribution in [3.8, 4) is 0 Å². The average Bonchev–Trinajstić information content (AvgIpc) is 2.96. The largest absolute Gasteiger partial charge is 0.395 e. The highest BCUT2D eigenvalue weighted by atomic mass is 16.3. The van der Waals surface area contributed by atoms with E-state index in [-0.39, 0.29) is 24.8 Å². The predicted molar refractivity (Wildman–Crippen MR) is 107 cm³/mol. The van der Waals surface area contributed by atoms with Crippen molar-refractivity contribution in [2.45, 2.75) is 32.2 Å². The molecular formula is C21H23N3O4. The average molecular weight is 381 g/mol. The van der Waals surface area contributed by atoms with Crippen LogP contribution >= 0.6 is 0 Å². The van der Waals surface area contributed by atoms with Gasteiger partial charge in [-0.15, -0.1) is 0 Å². The van der Waals surface area contributed by atoms with Crippen molar-refractivity contribution in [3.63, 3.8) is 0 Å². The van der Waals surface area contributed by atoms with Gasteiger partial charge in [0.05, 0.1) is 17.9 Å². The van der Waals surface area contributed by atoms with Crippen LogP contribution in [0.1, 0.15) is 36.5 Å². The third-order valence-electron chi connectivity index (χ3n) is 5.43. The van der Waals surface area contributed by atoms with Crippen LogP contribution in [0.4, 0.5) is 11.4 Å². The van der Waals surface area contributed by atoms with Crippen LogP contribution in [0, 0.1) is 0 Å². The first-order valence-electron chi connectivity index (χ1n) is 9.65. The number of carbonyl (C=O) groups is 3. The van der Waals surface area contributed by atoms with Gasteiger partial charge in [0.15, 0.2) is 0 Å². The van der Waals surface area contributed by atoms with E-state index in [4.69, 9.17) is 0 Å². The lowest BCUT2D eigenvalue weighted by molar-refractivity contribution is -0.134. The Morgan fingerprint density at radius 1 is 1.18 bits per heavy atom. The van der Waals surface area contributed by atoms with E-state index in [0.29, 0.717) is 24.2 Å². The van der Waals surface area contributed by atoms with Crippen molar-refractivity contribution in [1.29, 1.82) is 0 Å². The molecule has 2 heterocycles. The predicted octanol–water partition coefficient (Wildman–Crippen LogP) is 1.81. The van der Waals surface area contributed by atoms with Gasteiger partial charge in [-0.25, -0.2) is 0 Å². The molecule has 2 aliphatic rings. The lowest BCUT2D eigenvalue weighted by atomic mass is 10.0. The van der Waals surface area contributed by atoms with E-state index in [1.807, 2.05) is 24.3 Å². The maximum Gasteiger partial charge on any atom is 0.259 e. The molecule has 7 nitrogen and oxygen atoms in total. The second-order valence-electron chi connectivity index (χ2n) is 7.18. The third kappa shape index (κ3) is 2.82. The van der Waals surface area contributed by atoms with Gasteiger partial charge in [0, 0.05) is 36.0 Å². The van der Waals surface area contributed by atoms with Crippen molar-refractivity contribution < 1.29 is 19.5 Å². The summed E-state index contributed by atoms with van der Waals surface area (Å²) in [7, 11) is 0. The first kappa shape index (κ1) is 18.4. The maximum absolute atomic E-state index is 13.1. The molecule has 1 unspecified atom stereocenters. The molecular weight excluding hydrogens is 358 g/mol. The summed E-state index contributed by atoms with van der Waals surface area (Å²) < 4.78 is 0. The molecule has 1 atom stereocenters. The van der Waals surface area contributed by atoms with E-state index in [1.54, 1.807) is 6.07 Å². The number of imide groups is 1. The minimum Gasteiger partial charge on any atom is -0.395 e. The summed E-state index contributed by atoms with van der Waals surface area (Å²) in [5.41, 5.74) is 2.24. The molecule has 0 saturated carbocycles. The van der Waals surface area contributed by atoms with Crippen molar-refractivity contribution in [2.24, 2.45) is 0 Å². The molecule has 2 aromatic carbocycles. The van der Waals surface area contributed by atoms with E-state index in [1.165, 1.54) is 4.90 Å². The molecule has 0 aliphatic carbocycles. The monoisotopic (exact) mass is 381 g/mol. The Kier molecular flexibility index (Phi) is 4.77. The van der Waals surface area contributed by atoms with Crippen molar-refractivity contribution in [2.75, 3.05) is 29.5 Å². The molecule has 3 amide bonds. The minimum absolute atomic E-state index is 0.0459. The number of anilines is 2. The van der Waals surface area contributed by atoms with E-state index < -0.39 is 11.9 Å². The molecule has 2 aliphatic heterocycles. The van der Waals surface area contributed by atoms with Crippen LogP contribution in [0.15, 0.2) is 30.3 Å². The highest BCUT2D eigenvalue weighted by Crippen LogP contribution is 2.43. The summed E-state index contributed by atoms with van der Waals surface area (Å²) in [5.74, 6) is -0.941. The zero-order valence-corrected chi connectivity index (χ0v) is 15.8. The molecule has 0 bridgehead atoms. The second-order valence-corrected chi connectivity index (χ2v) is 7.18. The van der Waals surface area contributed by atoms with Gasteiger partial charge in [0.1, 0.15) is 6.04 Å². The fourth-order valence-corrected chi connectivity index (χ4v) is 4.25. The fraction of sp³-hybridized carbons (Fsp3) is 0.381. The quantitative estimate of drug-likeness (QED) is 0.745. The Hall–Kier alpha value is -2.93. The number of aliphatic hydroxyl groups is 1. The third-order valence-corrected chi connectivity index (χ3v) is 5.43. The van der Waals surface area contributed by atoms with Crippen LogP contribution < -0.4 is 15.1 Å². The molecule has 1 saturated heterocycles. The molecule has 7 heteroatoms. The number of nitrogens with one attached hydrogen (secondary N) is 1. The first-order valence-corrected chi connectivity index (χ1v) is 9.65. The van der Waals surface area contributed by atoms with E-state index in [0.717, 1.165) is 29.4 Å². The summed E-state index contributed by atoms with van der Waals surface area (Å²) in [4.78, 5) is 40.7. The van der Waals surface area contributed by atoms with Gasteiger partial charge in [-0.3, -0.25) is 24.6 Å². The number of amides is 3. The number of hydrogen-bond donors (Lipinski definition) is 2. The number of rotatable bonds is 6. The van der Waals surface area contributed by atoms with Gasteiger partial charge in [-0.2, -0.15) is 0 Å². The number of benzene rings is 2. The van der Waals surface area contributed by atoms with Gasteiger partial charge in [-0.1, -0.05) is 19.1 Å². The lowest BCUT2D eigenvalue weighted by Crippen LogP contribution is -2.53. The van der Waals surface area contributed by atoms with Crippen LogP contribution in [0.2, 0.25) is 0 Å². The zero-order valence-electron chi connectivity index (χ0n) is 15.8. The second kappa shape index (κ2) is 7.24. The highest BCUT2D eigenvalue weighted by molar-refractivity contribution is 6.28. The smallest absolute Gasteiger partial charge is 0.259 e. The van der Waals surface area contributed by atoms with E-state index in [9.17, 15) is 19.5 Å². The summed E-state index contributed by atoms with van der Waals surface area (Å²) in [6.07, 6.45) is 1.48. The summed E-state index contributed by atoms with van der Waals surface area (Å²) in [6.45, 7) is 3.43. The van der Waals surface area contributed by atoms with Crippen LogP contribution in [0.25, 0.3) is 10.8 Å². The van der Waals surface area contributed by atoms with Crippen molar-refractivity contribution >= 4 is 39.9 Å². The first-order chi connectivity index (χ1) is 13.6. The van der Waals surface area contributed by atoms with Crippen LogP contribution in [-0.4, -0.2) is 48.6 Å². The fourth-order valence-electron chi connectivity index (χ4n) is 4.25. The van der Waals surface area contributed by atoms with Gasteiger partial charge < -0.3 is 10.0 Å². The Morgan fingerprint density at radius 2 is 2.00 bits per heavy atom. The molecule has 146 valence electrons. The molecule has 0 aromatic heterocycles. The molecule has 2 aromatic rings. The van der Waals surface area contributed by atoms with Gasteiger partial charge in [0.2, 0.25) is 11.8 Å². The Balaban J connectivity index is 1.82. The minimum atomic E-state index is -0.684. The number of carbonyl (C=O) groups excluding carboxylic acids is 3. The zero-order chi connectivity index (χ0) is 19.8. The number of hydrogen-bond acceptors (Lipinski definition) is 5. The number of nitrogens with zero attached hydrogens (tertiary/aromatic N) is 2. The van der Waals surface area contributed by atoms with E-state index >= 15 is 0 Å². The van der Waals surface area contributed by atoms with Gasteiger partial charge >= 0.3 is 0 Å². The van der Waals surface area contributed by atoms with Crippen LogP contribution in [0.5, 0.6) is 0 Å². The number of aliphatic hydroxyl groups excluding tert-OH is 1. The van der Waals surface area contributed by atoms with Crippen molar-refractivity contribution in [3.05, 3.63) is 35.9 Å². The summed E-state index contributed by atoms with van der Waals surface area (Å²) in [5, 5.41) is 13.5. The van der Waals surface area contributed by atoms with Crippen LogP contribution in [-0.2, 0) is 9.59 Å². The molecule has 2 N–H and O–H groups in total. The molecule has 1 fully saturated rings. The molecule has 0 spiro atoms.